The Labute approximate surface area is 128 Å². The van der Waals surface area contributed by atoms with E-state index in [1.54, 1.807) is 0 Å². The molecule has 1 aromatic rings. The highest BCUT2D eigenvalue weighted by Crippen LogP contribution is 3.02. The summed E-state index contributed by atoms with van der Waals surface area (Å²) in [6.45, 7) is 7.63. The van der Waals surface area contributed by atoms with Crippen LogP contribution in [0.4, 0.5) is 19.4 Å². The first-order chi connectivity index (χ1) is 9.52. The molecule has 1 heterocycles. The van der Waals surface area contributed by atoms with Gasteiger partial charge < -0.3 is 4.65 Å². The molecule has 8 heteroatoms. The number of hydrogen-bond donors (Lipinski definition) is 0. The molecule has 0 amide bonds. The highest BCUT2D eigenvalue weighted by Gasteiger charge is 2.65. The normalized spacial score (nSPS) is 24.5. The Morgan fingerprint density at radius 2 is 1.45 bits per heavy atom. The molecule has 0 aromatic heterocycles. The Morgan fingerprint density at radius 1 is 0.955 bits per heavy atom. The van der Waals surface area contributed by atoms with Crippen LogP contribution in [0.2, 0.25) is 6.32 Å². The summed E-state index contributed by atoms with van der Waals surface area (Å²) in [6, 6.07) is 3.08. The SMILES string of the molecule is CC1(C)CCB(c2ccc(S(F)(F)(F)(F)F)cc2)OC1(C)C. The number of rotatable bonds is 2. The second kappa shape index (κ2) is 4.20. The predicted octanol–water partition coefficient (Wildman–Crippen LogP) is 5.77. The molecule has 1 fully saturated rings. The van der Waals surface area contributed by atoms with E-state index in [2.05, 4.69) is 13.8 Å². The molecule has 22 heavy (non-hydrogen) atoms. The van der Waals surface area contributed by atoms with Crippen LogP contribution in [0.15, 0.2) is 29.2 Å². The quantitative estimate of drug-likeness (QED) is 0.490. The fourth-order valence-electron chi connectivity index (χ4n) is 2.54. The zero-order valence-corrected chi connectivity index (χ0v) is 13.8. The minimum Gasteiger partial charge on any atom is -0.426 e. The van der Waals surface area contributed by atoms with Crippen molar-refractivity contribution in [1.29, 1.82) is 0 Å². The lowest BCUT2D eigenvalue weighted by molar-refractivity contribution is -0.0311. The molecule has 0 bridgehead atoms. The number of benzene rings is 1. The molecule has 0 aliphatic carbocycles. The van der Waals surface area contributed by atoms with Gasteiger partial charge in [0.05, 0.1) is 5.60 Å². The van der Waals surface area contributed by atoms with Crippen LogP contribution in [0.3, 0.4) is 0 Å². The molecule has 1 aliphatic heterocycles. The Balaban J connectivity index is 2.27. The van der Waals surface area contributed by atoms with Crippen LogP contribution in [0.5, 0.6) is 0 Å². The van der Waals surface area contributed by atoms with E-state index in [1.165, 1.54) is 0 Å². The average molecular weight is 342 g/mol. The van der Waals surface area contributed by atoms with Crippen LogP contribution in [0, 0.1) is 5.41 Å². The third-order valence-corrected chi connectivity index (χ3v) is 5.96. The third-order valence-electron chi connectivity index (χ3n) is 4.80. The maximum Gasteiger partial charge on any atom is 0.327 e. The summed E-state index contributed by atoms with van der Waals surface area (Å²) >= 11 is 0. The van der Waals surface area contributed by atoms with E-state index in [4.69, 9.17) is 4.65 Å². The fraction of sp³-hybridized carbons (Fsp3) is 0.571. The maximum atomic E-state index is 12.7. The zero-order chi connectivity index (χ0) is 17.1. The number of hydrogen-bond acceptors (Lipinski definition) is 1. The van der Waals surface area contributed by atoms with Crippen LogP contribution < -0.4 is 5.46 Å². The Kier molecular flexibility index (Phi) is 3.36. The number of halogens is 5. The van der Waals surface area contributed by atoms with E-state index in [0.29, 0.717) is 23.9 Å². The van der Waals surface area contributed by atoms with Crippen LogP contribution in [0.25, 0.3) is 0 Å². The van der Waals surface area contributed by atoms with Gasteiger partial charge in [-0.15, -0.1) is 0 Å². The standard InChI is InChI=1S/C14H20BF5OS/c1-13(2)9-10-15(21-14(13,3)4)11-5-7-12(8-6-11)22(16,17,18,19)20/h5-8H,9-10H2,1-4H3. The lowest BCUT2D eigenvalue weighted by atomic mass is 9.50. The summed E-state index contributed by atoms with van der Waals surface area (Å²) in [7, 11) is -9.60. The summed E-state index contributed by atoms with van der Waals surface area (Å²) in [5, 5.41) is 0. The van der Waals surface area contributed by atoms with Gasteiger partial charge in [-0.25, -0.2) is 0 Å². The van der Waals surface area contributed by atoms with Crippen molar-refractivity contribution in [1.82, 2.24) is 0 Å². The molecular formula is C14H20BF5OS. The summed E-state index contributed by atoms with van der Waals surface area (Å²) < 4.78 is 69.6. The molecule has 0 radical (unpaired) electrons. The Hall–Kier alpha value is -0.755. The lowest BCUT2D eigenvalue weighted by Gasteiger charge is -2.48. The van der Waals surface area contributed by atoms with Crippen molar-refractivity contribution in [3.8, 4) is 0 Å². The summed E-state index contributed by atoms with van der Waals surface area (Å²) in [4.78, 5) is -1.86. The average Bonchev–Trinajstić information content (AvgIpc) is 2.30. The van der Waals surface area contributed by atoms with E-state index >= 15 is 0 Å². The minimum atomic E-state index is -9.60. The monoisotopic (exact) mass is 342 g/mol. The fourth-order valence-corrected chi connectivity index (χ4v) is 3.19. The van der Waals surface area contributed by atoms with Crippen molar-refractivity contribution < 1.29 is 24.1 Å². The van der Waals surface area contributed by atoms with Crippen LogP contribution in [-0.4, -0.2) is 12.5 Å². The summed E-state index contributed by atoms with van der Waals surface area (Å²) in [5.41, 5.74) is -0.0173. The molecule has 1 nitrogen and oxygen atoms in total. The van der Waals surface area contributed by atoms with Gasteiger partial charge in [0.15, 0.2) is 0 Å². The van der Waals surface area contributed by atoms with E-state index in [9.17, 15) is 19.4 Å². The van der Waals surface area contributed by atoms with E-state index in [-0.39, 0.29) is 12.3 Å². The van der Waals surface area contributed by atoms with Crippen molar-refractivity contribution in [2.24, 2.45) is 5.41 Å². The van der Waals surface area contributed by atoms with Crippen LogP contribution in [0.1, 0.15) is 34.1 Å². The van der Waals surface area contributed by atoms with Gasteiger partial charge in [0.2, 0.25) is 0 Å². The van der Waals surface area contributed by atoms with Crippen molar-refractivity contribution in [2.45, 2.75) is 50.9 Å². The highest BCUT2D eigenvalue weighted by atomic mass is 32.5. The van der Waals surface area contributed by atoms with Gasteiger partial charge in [0, 0.05) is 0 Å². The molecule has 1 saturated heterocycles. The lowest BCUT2D eigenvalue weighted by Crippen LogP contribution is -2.53. The largest absolute Gasteiger partial charge is 0.426 e. The first-order valence-electron chi connectivity index (χ1n) is 7.04. The van der Waals surface area contributed by atoms with Crippen molar-refractivity contribution in [3.63, 3.8) is 0 Å². The molecule has 1 aromatic carbocycles. The van der Waals surface area contributed by atoms with Gasteiger partial charge in [-0.05, 0) is 49.6 Å². The zero-order valence-electron chi connectivity index (χ0n) is 13.0. The summed E-state index contributed by atoms with van der Waals surface area (Å²) in [6.07, 6.45) is 1.49. The Morgan fingerprint density at radius 3 is 1.86 bits per heavy atom. The van der Waals surface area contributed by atoms with E-state index < -0.39 is 20.7 Å². The molecule has 0 N–H and O–H groups in total. The molecular weight excluding hydrogens is 322 g/mol. The second-order valence-corrected chi connectivity index (χ2v) is 9.49. The molecule has 0 unspecified atom stereocenters. The summed E-state index contributed by atoms with van der Waals surface area (Å²) in [5.74, 6) is 0. The van der Waals surface area contributed by atoms with Crippen LogP contribution >= 0.6 is 10.2 Å². The third kappa shape index (κ3) is 3.43. The van der Waals surface area contributed by atoms with Gasteiger partial charge in [-0.2, -0.15) is 0 Å². The predicted molar refractivity (Wildman–Crippen MR) is 81.6 cm³/mol. The van der Waals surface area contributed by atoms with Gasteiger partial charge in [-0.3, -0.25) is 0 Å². The van der Waals surface area contributed by atoms with Gasteiger partial charge in [0.25, 0.3) is 0 Å². The maximum absolute atomic E-state index is 12.7. The van der Waals surface area contributed by atoms with Gasteiger partial charge >= 0.3 is 17.1 Å². The molecule has 1 aliphatic rings. The molecule has 0 spiro atoms. The molecule has 126 valence electrons. The molecule has 0 saturated carbocycles. The van der Waals surface area contributed by atoms with E-state index in [1.807, 2.05) is 13.8 Å². The Bertz CT molecular complexity index is 579. The van der Waals surface area contributed by atoms with E-state index in [0.717, 1.165) is 18.6 Å². The highest BCUT2D eigenvalue weighted by molar-refractivity contribution is 8.45. The van der Waals surface area contributed by atoms with Crippen molar-refractivity contribution in [3.05, 3.63) is 24.3 Å². The van der Waals surface area contributed by atoms with Gasteiger partial charge in [-0.1, -0.05) is 45.4 Å². The van der Waals surface area contributed by atoms with Crippen molar-refractivity contribution in [2.75, 3.05) is 0 Å². The molecule has 0 atom stereocenters. The topological polar surface area (TPSA) is 9.23 Å². The van der Waals surface area contributed by atoms with Gasteiger partial charge in [0.1, 0.15) is 4.90 Å². The second-order valence-electron chi connectivity index (χ2n) is 7.08. The van der Waals surface area contributed by atoms with Crippen LogP contribution in [-0.2, 0) is 4.65 Å². The molecule has 2 rings (SSSR count). The first-order valence-corrected chi connectivity index (χ1v) is 8.99. The first kappa shape index (κ1) is 17.6. The van der Waals surface area contributed by atoms with Crippen molar-refractivity contribution >= 4 is 22.6 Å². The minimum absolute atomic E-state index is 0.0622. The smallest absolute Gasteiger partial charge is 0.327 e.